The highest BCUT2D eigenvalue weighted by molar-refractivity contribution is 8.26. The van der Waals surface area contributed by atoms with Crippen LogP contribution in [0.1, 0.15) is 22.3 Å². The van der Waals surface area contributed by atoms with Crippen molar-refractivity contribution in [1.29, 1.82) is 0 Å². The number of thioether (sulfide) groups is 1. The summed E-state index contributed by atoms with van der Waals surface area (Å²) in [7, 11) is 1.55. The summed E-state index contributed by atoms with van der Waals surface area (Å²) in [5.74, 6) is -0.749. The lowest BCUT2D eigenvalue weighted by atomic mass is 10.2. The van der Waals surface area contributed by atoms with Crippen LogP contribution >= 0.6 is 47.2 Å². The van der Waals surface area contributed by atoms with Gasteiger partial charge in [-0.05, 0) is 30.3 Å². The van der Waals surface area contributed by atoms with Gasteiger partial charge in [-0.2, -0.15) is 0 Å². The second-order valence-corrected chi connectivity index (χ2v) is 8.97. The molecule has 2 N–H and O–H groups in total. The molecule has 3 rings (SSSR count). The highest BCUT2D eigenvalue weighted by atomic mass is 35.5. The van der Waals surface area contributed by atoms with Gasteiger partial charge in [-0.15, -0.1) is 0 Å². The lowest BCUT2D eigenvalue weighted by molar-refractivity contribution is -0.124. The fraction of sp³-hybridized carbons (Fsp3) is 0.143. The summed E-state index contributed by atoms with van der Waals surface area (Å²) in [4.78, 5) is 38.8. The Labute approximate surface area is 204 Å². The van der Waals surface area contributed by atoms with Crippen molar-refractivity contribution in [2.45, 2.75) is 6.42 Å². The molecule has 2 aromatic carbocycles. The molecule has 0 bridgehead atoms. The summed E-state index contributed by atoms with van der Waals surface area (Å²) in [6, 6.07) is 11.7. The number of thiocarbonyl (C=S) groups is 1. The Morgan fingerprint density at radius 2 is 1.94 bits per heavy atom. The predicted octanol–water partition coefficient (Wildman–Crippen LogP) is 4.05. The zero-order chi connectivity index (χ0) is 23.3. The third-order valence-electron chi connectivity index (χ3n) is 4.35. The fourth-order valence-electron chi connectivity index (χ4n) is 2.76. The van der Waals surface area contributed by atoms with Crippen LogP contribution in [0.25, 0.3) is 6.08 Å². The zero-order valence-electron chi connectivity index (χ0n) is 16.7. The molecule has 1 saturated heterocycles. The van der Waals surface area contributed by atoms with E-state index in [0.717, 1.165) is 17.3 Å². The molecule has 0 atom stereocenters. The van der Waals surface area contributed by atoms with Crippen LogP contribution in [0.2, 0.25) is 10.0 Å². The largest absolute Gasteiger partial charge is 0.496 e. The monoisotopic (exact) mass is 509 g/mol. The average Bonchev–Trinajstić information content (AvgIpc) is 3.03. The first-order valence-corrected chi connectivity index (χ1v) is 11.2. The Morgan fingerprint density at radius 1 is 1.19 bits per heavy atom. The van der Waals surface area contributed by atoms with E-state index in [1.807, 2.05) is 18.2 Å². The highest BCUT2D eigenvalue weighted by Gasteiger charge is 2.32. The van der Waals surface area contributed by atoms with Crippen molar-refractivity contribution in [2.24, 2.45) is 0 Å². The minimum Gasteiger partial charge on any atom is -0.496 e. The number of nitrogens with one attached hydrogen (secondary N) is 2. The lowest BCUT2D eigenvalue weighted by Crippen LogP contribution is -2.43. The minimum absolute atomic E-state index is 0.0665. The number of hydrogen-bond acceptors (Lipinski definition) is 6. The van der Waals surface area contributed by atoms with E-state index in [9.17, 15) is 14.4 Å². The molecule has 0 spiro atoms. The molecule has 0 radical (unpaired) electrons. The highest BCUT2D eigenvalue weighted by Crippen LogP contribution is 2.34. The number of rotatable bonds is 6. The van der Waals surface area contributed by atoms with E-state index >= 15 is 0 Å². The van der Waals surface area contributed by atoms with Gasteiger partial charge in [0.2, 0.25) is 5.91 Å². The van der Waals surface area contributed by atoms with E-state index in [2.05, 4.69) is 10.9 Å². The van der Waals surface area contributed by atoms with Gasteiger partial charge in [0.25, 0.3) is 11.8 Å². The van der Waals surface area contributed by atoms with Crippen molar-refractivity contribution in [3.63, 3.8) is 0 Å². The maximum absolute atomic E-state index is 12.7. The Morgan fingerprint density at radius 3 is 2.66 bits per heavy atom. The van der Waals surface area contributed by atoms with Crippen LogP contribution in [-0.2, 0) is 9.59 Å². The molecular formula is C21H17Cl2N3O4S2. The number of nitrogens with zero attached hydrogens (tertiary/aromatic N) is 1. The quantitative estimate of drug-likeness (QED) is 0.347. The Balaban J connectivity index is 1.55. The van der Waals surface area contributed by atoms with Crippen LogP contribution < -0.4 is 15.6 Å². The van der Waals surface area contributed by atoms with Gasteiger partial charge in [0.05, 0.1) is 22.6 Å². The van der Waals surface area contributed by atoms with Crippen LogP contribution in [0.15, 0.2) is 47.4 Å². The number of halogens is 2. The number of hydrazine groups is 1. The van der Waals surface area contributed by atoms with E-state index in [0.29, 0.717) is 20.0 Å². The maximum Gasteiger partial charge on any atom is 0.271 e. The lowest BCUT2D eigenvalue weighted by Gasteiger charge is -2.14. The molecule has 1 aliphatic rings. The van der Waals surface area contributed by atoms with Crippen LogP contribution in [0.5, 0.6) is 5.75 Å². The summed E-state index contributed by atoms with van der Waals surface area (Å²) < 4.78 is 5.65. The number of hydrogen-bond donors (Lipinski definition) is 2. The average molecular weight is 510 g/mol. The van der Waals surface area contributed by atoms with Gasteiger partial charge in [0.15, 0.2) is 0 Å². The second kappa shape index (κ2) is 10.8. The van der Waals surface area contributed by atoms with Crippen molar-refractivity contribution in [3.8, 4) is 5.75 Å². The first-order chi connectivity index (χ1) is 15.3. The maximum atomic E-state index is 12.7. The topological polar surface area (TPSA) is 87.7 Å². The van der Waals surface area contributed by atoms with E-state index in [1.165, 1.54) is 23.1 Å². The molecule has 0 aliphatic carbocycles. The van der Waals surface area contributed by atoms with Crippen LogP contribution in [0.4, 0.5) is 0 Å². The molecule has 11 heteroatoms. The standard InChI is InChI=1S/C21H17Cl2N3O4S2/c1-30-16-5-3-2-4-12(16)10-17-20(29)26(21(31)32-17)9-8-18(27)24-25-19(28)14-7-6-13(22)11-15(14)23/h2-7,10-11H,8-9H2,1H3,(H,24,27)(H,25,28). The molecule has 0 unspecified atom stereocenters. The van der Waals surface area contributed by atoms with Crippen LogP contribution in [0, 0.1) is 0 Å². The summed E-state index contributed by atoms with van der Waals surface area (Å²) in [5.41, 5.74) is 5.48. The van der Waals surface area contributed by atoms with Gasteiger partial charge in [-0.3, -0.25) is 30.1 Å². The molecule has 3 amide bonds. The van der Waals surface area contributed by atoms with Crippen molar-refractivity contribution in [3.05, 3.63) is 68.5 Å². The Bertz CT molecular complexity index is 1120. The van der Waals surface area contributed by atoms with Crippen molar-refractivity contribution in [1.82, 2.24) is 15.8 Å². The molecule has 7 nitrogen and oxygen atoms in total. The summed E-state index contributed by atoms with van der Waals surface area (Å²) in [6.45, 7) is 0.0668. The van der Waals surface area contributed by atoms with Gasteiger partial charge in [-0.1, -0.05) is 65.4 Å². The van der Waals surface area contributed by atoms with Crippen molar-refractivity contribution in [2.75, 3.05) is 13.7 Å². The van der Waals surface area contributed by atoms with E-state index in [-0.39, 0.29) is 29.5 Å². The van der Waals surface area contributed by atoms with Gasteiger partial charge in [-0.25, -0.2) is 0 Å². The number of carbonyl (C=O) groups excluding carboxylic acids is 3. The molecule has 0 saturated carbocycles. The molecule has 2 aromatic rings. The summed E-state index contributed by atoms with van der Waals surface area (Å²) in [5, 5.41) is 0.544. The Kier molecular flexibility index (Phi) is 8.14. The molecule has 0 aromatic heterocycles. The summed E-state index contributed by atoms with van der Waals surface area (Å²) >= 11 is 18.2. The molecular weight excluding hydrogens is 493 g/mol. The zero-order valence-corrected chi connectivity index (χ0v) is 19.8. The van der Waals surface area contributed by atoms with Crippen LogP contribution in [-0.4, -0.2) is 40.6 Å². The van der Waals surface area contributed by atoms with E-state index in [1.54, 1.807) is 19.3 Å². The first-order valence-electron chi connectivity index (χ1n) is 9.22. The third kappa shape index (κ3) is 5.80. The van der Waals surface area contributed by atoms with Crippen molar-refractivity contribution < 1.29 is 19.1 Å². The molecule has 1 aliphatic heterocycles. The Hall–Kier alpha value is -2.59. The minimum atomic E-state index is -0.592. The number of carbonyl (C=O) groups is 3. The third-order valence-corrected chi connectivity index (χ3v) is 6.28. The van der Waals surface area contributed by atoms with Gasteiger partial charge < -0.3 is 4.74 Å². The number of methoxy groups -OCH3 is 1. The second-order valence-electron chi connectivity index (χ2n) is 6.45. The summed E-state index contributed by atoms with van der Waals surface area (Å²) in [6.07, 6.45) is 1.64. The number of ether oxygens (including phenoxy) is 1. The van der Waals surface area contributed by atoms with Gasteiger partial charge in [0, 0.05) is 23.6 Å². The first kappa shape index (κ1) is 24.1. The number of amides is 3. The molecule has 1 heterocycles. The number of benzene rings is 2. The molecule has 166 valence electrons. The SMILES string of the molecule is COc1ccccc1C=C1SC(=S)N(CCC(=O)NNC(=O)c2ccc(Cl)cc2Cl)C1=O. The van der Waals surface area contributed by atoms with E-state index < -0.39 is 11.8 Å². The predicted molar refractivity (Wildman–Crippen MR) is 130 cm³/mol. The van der Waals surface area contributed by atoms with E-state index in [4.69, 9.17) is 40.2 Å². The smallest absolute Gasteiger partial charge is 0.271 e. The normalized spacial score (nSPS) is 14.6. The molecule has 1 fully saturated rings. The van der Waals surface area contributed by atoms with Gasteiger partial charge in [0.1, 0.15) is 10.1 Å². The fourth-order valence-corrected chi connectivity index (χ4v) is 4.56. The van der Waals surface area contributed by atoms with Crippen molar-refractivity contribution >= 4 is 75.3 Å². The number of para-hydroxylation sites is 1. The molecule has 32 heavy (non-hydrogen) atoms. The van der Waals surface area contributed by atoms with Crippen LogP contribution in [0.3, 0.4) is 0 Å². The van der Waals surface area contributed by atoms with Gasteiger partial charge >= 0.3 is 0 Å².